The zero-order valence-corrected chi connectivity index (χ0v) is 12.1. The van der Waals surface area contributed by atoms with Gasteiger partial charge in [0.25, 0.3) is 5.54 Å². The molecule has 1 amide bonds. The van der Waals surface area contributed by atoms with Crippen molar-refractivity contribution in [1.82, 2.24) is 5.32 Å². The summed E-state index contributed by atoms with van der Waals surface area (Å²) >= 11 is 0. The summed E-state index contributed by atoms with van der Waals surface area (Å²) in [6, 6.07) is 7.81. The van der Waals surface area contributed by atoms with Crippen LogP contribution in [0.2, 0.25) is 0 Å². The zero-order chi connectivity index (χ0) is 16.0. The number of carbonyl (C=O) groups excluding carboxylic acids is 2. The first-order chi connectivity index (χ1) is 9.87. The van der Waals surface area contributed by atoms with Gasteiger partial charge in [0, 0.05) is 6.92 Å². The number of nitrogens with zero attached hydrogens (tertiary/aromatic N) is 1. The lowest BCUT2D eigenvalue weighted by atomic mass is 9.89. The number of alkyl halides is 1. The largest absolute Gasteiger partial charge is 0.463 e. The summed E-state index contributed by atoms with van der Waals surface area (Å²) in [5, 5.41) is 11.4. The molecule has 0 aliphatic rings. The molecule has 112 valence electrons. The van der Waals surface area contributed by atoms with Crippen LogP contribution in [0.25, 0.3) is 0 Å². The van der Waals surface area contributed by atoms with Crippen molar-refractivity contribution >= 4 is 11.9 Å². The normalized spacial score (nSPS) is 14.4. The zero-order valence-electron chi connectivity index (χ0n) is 12.1. The Hall–Kier alpha value is -2.42. The molecule has 1 aromatic carbocycles. The van der Waals surface area contributed by atoms with E-state index in [1.54, 1.807) is 18.2 Å². The Morgan fingerprint density at radius 3 is 2.43 bits per heavy atom. The lowest BCUT2D eigenvalue weighted by Crippen LogP contribution is -2.56. The van der Waals surface area contributed by atoms with Gasteiger partial charge in [-0.15, -0.1) is 0 Å². The van der Waals surface area contributed by atoms with Crippen molar-refractivity contribution < 1.29 is 18.7 Å². The van der Waals surface area contributed by atoms with Gasteiger partial charge in [-0.2, -0.15) is 5.26 Å². The number of hydrogen-bond acceptors (Lipinski definition) is 4. The lowest BCUT2D eigenvalue weighted by molar-refractivity contribution is -0.153. The van der Waals surface area contributed by atoms with E-state index in [2.05, 4.69) is 5.32 Å². The number of hydrogen-bond donors (Lipinski definition) is 1. The fourth-order valence-electron chi connectivity index (χ4n) is 1.86. The van der Waals surface area contributed by atoms with Crippen molar-refractivity contribution in [3.63, 3.8) is 0 Å². The van der Waals surface area contributed by atoms with Gasteiger partial charge in [0.15, 0.2) is 6.17 Å². The number of benzene rings is 1. The Bertz CT molecular complexity index is 565. The predicted octanol–water partition coefficient (Wildman–Crippen LogP) is 1.97. The van der Waals surface area contributed by atoms with Crippen LogP contribution in [0, 0.1) is 18.3 Å². The van der Waals surface area contributed by atoms with Crippen molar-refractivity contribution in [2.45, 2.75) is 32.5 Å². The second-order valence-electron chi connectivity index (χ2n) is 4.59. The number of nitrogens with one attached hydrogen (secondary N) is 1. The summed E-state index contributed by atoms with van der Waals surface area (Å²) in [6.07, 6.45) is -2.04. The number of carbonyl (C=O) groups is 2. The summed E-state index contributed by atoms with van der Waals surface area (Å²) < 4.78 is 19.5. The highest BCUT2D eigenvalue weighted by Gasteiger charge is 2.50. The van der Waals surface area contributed by atoms with E-state index >= 15 is 0 Å². The summed E-state index contributed by atoms with van der Waals surface area (Å²) in [4.78, 5) is 23.3. The minimum absolute atomic E-state index is 0.0253. The van der Waals surface area contributed by atoms with Gasteiger partial charge in [-0.3, -0.25) is 4.79 Å². The first-order valence-electron chi connectivity index (χ1n) is 6.45. The maximum Gasteiger partial charge on any atom is 0.350 e. The van der Waals surface area contributed by atoms with E-state index < -0.39 is 23.6 Å². The maximum absolute atomic E-state index is 14.8. The van der Waals surface area contributed by atoms with Gasteiger partial charge >= 0.3 is 5.97 Å². The van der Waals surface area contributed by atoms with E-state index in [-0.39, 0.29) is 12.2 Å². The third kappa shape index (κ3) is 3.57. The molecule has 1 aromatic rings. The topological polar surface area (TPSA) is 79.2 Å². The van der Waals surface area contributed by atoms with Crippen LogP contribution in [0.1, 0.15) is 31.1 Å². The van der Waals surface area contributed by atoms with Crippen molar-refractivity contribution in [3.05, 3.63) is 35.4 Å². The first-order valence-corrected chi connectivity index (χ1v) is 6.45. The molecule has 0 saturated heterocycles. The number of amides is 1. The molecule has 0 radical (unpaired) electrons. The van der Waals surface area contributed by atoms with Crippen molar-refractivity contribution in [2.24, 2.45) is 0 Å². The molecule has 2 atom stereocenters. The van der Waals surface area contributed by atoms with Gasteiger partial charge < -0.3 is 10.1 Å². The average molecular weight is 292 g/mol. The highest BCUT2D eigenvalue weighted by molar-refractivity contribution is 5.91. The number of aryl methyl sites for hydroxylation is 1. The Kier molecular flexibility index (Phi) is 5.42. The SMILES string of the molecule is CCOC(=O)C(C#N)(NC(C)=O)C(F)c1ccc(C)cc1. The first kappa shape index (κ1) is 16.6. The molecule has 0 fully saturated rings. The van der Waals surface area contributed by atoms with Crippen molar-refractivity contribution in [1.29, 1.82) is 5.26 Å². The molecule has 0 saturated carbocycles. The molecule has 6 heteroatoms. The summed E-state index contributed by atoms with van der Waals surface area (Å²) in [7, 11) is 0. The van der Waals surface area contributed by atoms with E-state index in [0.717, 1.165) is 12.5 Å². The number of rotatable bonds is 5. The molecule has 0 bridgehead atoms. The Morgan fingerprint density at radius 2 is 2.00 bits per heavy atom. The molecule has 1 rings (SSSR count). The molecule has 0 aliphatic heterocycles. The van der Waals surface area contributed by atoms with Gasteiger partial charge in [-0.1, -0.05) is 29.8 Å². The minimum atomic E-state index is -2.39. The molecule has 2 unspecified atom stereocenters. The van der Waals surface area contributed by atoms with Crippen LogP contribution in [0.15, 0.2) is 24.3 Å². The Labute approximate surface area is 122 Å². The molecular formula is C15H17FN2O3. The van der Waals surface area contributed by atoms with E-state index in [1.165, 1.54) is 19.1 Å². The molecule has 0 aliphatic carbocycles. The number of halogens is 1. The summed E-state index contributed by atoms with van der Waals surface area (Å²) in [6.45, 7) is 4.44. The predicted molar refractivity (Wildman–Crippen MR) is 73.8 cm³/mol. The van der Waals surface area contributed by atoms with E-state index in [9.17, 15) is 19.2 Å². The smallest absolute Gasteiger partial charge is 0.350 e. The van der Waals surface area contributed by atoms with Crippen LogP contribution in [0.3, 0.4) is 0 Å². The second kappa shape index (κ2) is 6.84. The fraction of sp³-hybridized carbons (Fsp3) is 0.400. The van der Waals surface area contributed by atoms with Crippen LogP contribution < -0.4 is 5.32 Å². The quantitative estimate of drug-likeness (QED) is 0.841. The molecule has 1 N–H and O–H groups in total. The lowest BCUT2D eigenvalue weighted by Gasteiger charge is -2.28. The van der Waals surface area contributed by atoms with Crippen LogP contribution >= 0.6 is 0 Å². The fourth-order valence-corrected chi connectivity index (χ4v) is 1.86. The Morgan fingerprint density at radius 1 is 1.43 bits per heavy atom. The standard InChI is InChI=1S/C15H17FN2O3/c1-4-21-14(20)15(9-17,18-11(3)19)13(16)12-7-5-10(2)6-8-12/h5-8,13H,4H2,1-3H3,(H,18,19). The van der Waals surface area contributed by atoms with E-state index in [0.29, 0.717) is 0 Å². The number of nitriles is 1. The van der Waals surface area contributed by atoms with Gasteiger partial charge in [-0.25, -0.2) is 9.18 Å². The van der Waals surface area contributed by atoms with Crippen molar-refractivity contribution in [3.8, 4) is 6.07 Å². The molecule has 0 spiro atoms. The second-order valence-corrected chi connectivity index (χ2v) is 4.59. The van der Waals surface area contributed by atoms with Gasteiger partial charge in [-0.05, 0) is 19.4 Å². The molecule has 0 heterocycles. The van der Waals surface area contributed by atoms with Gasteiger partial charge in [0.05, 0.1) is 6.61 Å². The third-order valence-corrected chi connectivity index (χ3v) is 2.90. The van der Waals surface area contributed by atoms with Gasteiger partial charge in [0.1, 0.15) is 6.07 Å². The van der Waals surface area contributed by atoms with Crippen LogP contribution in [0.4, 0.5) is 4.39 Å². The van der Waals surface area contributed by atoms with Crippen LogP contribution in [-0.2, 0) is 14.3 Å². The Balaban J connectivity index is 3.27. The highest BCUT2D eigenvalue weighted by Crippen LogP contribution is 2.31. The van der Waals surface area contributed by atoms with E-state index in [4.69, 9.17) is 4.74 Å². The van der Waals surface area contributed by atoms with Crippen LogP contribution in [0.5, 0.6) is 0 Å². The average Bonchev–Trinajstić information content (AvgIpc) is 2.44. The monoisotopic (exact) mass is 292 g/mol. The van der Waals surface area contributed by atoms with Gasteiger partial charge in [0.2, 0.25) is 5.91 Å². The minimum Gasteiger partial charge on any atom is -0.463 e. The molecule has 0 aromatic heterocycles. The van der Waals surface area contributed by atoms with Crippen LogP contribution in [-0.4, -0.2) is 24.0 Å². The molecule has 21 heavy (non-hydrogen) atoms. The molecule has 5 nitrogen and oxygen atoms in total. The van der Waals surface area contributed by atoms with Crippen molar-refractivity contribution in [2.75, 3.05) is 6.61 Å². The van der Waals surface area contributed by atoms with E-state index in [1.807, 2.05) is 6.92 Å². The number of esters is 1. The third-order valence-electron chi connectivity index (χ3n) is 2.90. The summed E-state index contributed by atoms with van der Waals surface area (Å²) in [5.41, 5.74) is -1.37. The highest BCUT2D eigenvalue weighted by atomic mass is 19.1. The number of ether oxygens (including phenoxy) is 1. The molecular weight excluding hydrogens is 275 g/mol. The summed E-state index contributed by atoms with van der Waals surface area (Å²) in [5.74, 6) is -1.81. The maximum atomic E-state index is 14.8.